The van der Waals surface area contributed by atoms with Crippen LogP contribution in [0.3, 0.4) is 0 Å². The lowest BCUT2D eigenvalue weighted by Gasteiger charge is -2.41. The quantitative estimate of drug-likeness (QED) is 0.434. The van der Waals surface area contributed by atoms with Crippen LogP contribution >= 0.6 is 0 Å². The Morgan fingerprint density at radius 2 is 2.11 bits per heavy atom. The molecule has 0 amide bonds. The summed E-state index contributed by atoms with van der Waals surface area (Å²) in [5.74, 6) is -0.632. The Bertz CT molecular complexity index is 627. The number of fused-ring (bicyclic) bond motifs is 9. The third-order valence-electron chi connectivity index (χ3n) is 5.84. The van der Waals surface area contributed by atoms with Gasteiger partial charge in [0.05, 0.1) is 12.7 Å². The van der Waals surface area contributed by atoms with Crippen molar-refractivity contribution in [2.75, 3.05) is 6.61 Å². The van der Waals surface area contributed by atoms with Crippen molar-refractivity contribution in [2.45, 2.75) is 83.7 Å². The maximum Gasteiger partial charge on any atom is 0.303 e. The van der Waals surface area contributed by atoms with Crippen LogP contribution in [0.2, 0.25) is 0 Å². The third kappa shape index (κ3) is 5.77. The molecular weight excluding hydrogens is 360 g/mol. The van der Waals surface area contributed by atoms with Crippen molar-refractivity contribution in [1.82, 2.24) is 0 Å². The van der Waals surface area contributed by atoms with E-state index in [1.165, 1.54) is 6.92 Å². The van der Waals surface area contributed by atoms with Crippen LogP contribution in [-0.4, -0.2) is 46.7 Å². The molecule has 0 saturated carbocycles. The molecule has 3 rings (SSSR count). The second-order valence-electron chi connectivity index (χ2n) is 8.27. The van der Waals surface area contributed by atoms with Gasteiger partial charge in [-0.05, 0) is 64.0 Å². The maximum absolute atomic E-state index is 11.6. The smallest absolute Gasteiger partial charge is 0.303 e. The van der Waals surface area contributed by atoms with E-state index < -0.39 is 17.8 Å². The minimum absolute atomic E-state index is 0.169. The summed E-state index contributed by atoms with van der Waals surface area (Å²) in [6.07, 6.45) is 5.68. The molecule has 2 N–H and O–H groups in total. The summed E-state index contributed by atoms with van der Waals surface area (Å²) in [4.78, 5) is 23.1. The van der Waals surface area contributed by atoms with Gasteiger partial charge in [0.1, 0.15) is 17.8 Å². The molecule has 2 aliphatic heterocycles. The van der Waals surface area contributed by atoms with E-state index in [9.17, 15) is 15.0 Å². The van der Waals surface area contributed by atoms with Crippen LogP contribution < -0.4 is 0 Å². The van der Waals surface area contributed by atoms with Crippen molar-refractivity contribution >= 4 is 5.97 Å². The number of hydrogen-bond acceptors (Lipinski definition) is 6. The van der Waals surface area contributed by atoms with Crippen LogP contribution in [0, 0.1) is 5.92 Å². The monoisotopic (exact) mass is 394 g/mol. The normalized spacial score (nSPS) is 38.5. The zero-order valence-electron chi connectivity index (χ0n) is 17.4. The fourth-order valence-electron chi connectivity index (χ4n) is 3.84. The number of rotatable bonds is 3. The standard InChI is InChI=1S/C22H34O6/c1-14-6-9-21(26-17(4)24)22(5)11-10-20(27-28-22)15(2)7-8-18(16(3)13-23)19(25)12-14/h7,12,18-21,23,25H,3,6,8-11,13H2,1-2,4-5H3/b14-12-,15-7-/t18-,19-,20-,21-,22+/m0/s1. The Balaban J connectivity index is 2.34. The minimum Gasteiger partial charge on any atom is -0.459 e. The van der Waals surface area contributed by atoms with Crippen LogP contribution in [0.1, 0.15) is 59.8 Å². The molecule has 0 spiro atoms. The second kappa shape index (κ2) is 9.83. The van der Waals surface area contributed by atoms with E-state index in [-0.39, 0.29) is 24.6 Å². The van der Waals surface area contributed by atoms with Gasteiger partial charge in [-0.15, -0.1) is 0 Å². The van der Waals surface area contributed by atoms with Crippen LogP contribution in [-0.2, 0) is 19.3 Å². The summed E-state index contributed by atoms with van der Waals surface area (Å²) in [6, 6.07) is 0. The largest absolute Gasteiger partial charge is 0.459 e. The van der Waals surface area contributed by atoms with E-state index in [2.05, 4.69) is 6.58 Å². The van der Waals surface area contributed by atoms with Gasteiger partial charge in [0, 0.05) is 12.8 Å². The molecule has 5 atom stereocenters. The molecule has 158 valence electrons. The van der Waals surface area contributed by atoms with Crippen molar-refractivity contribution in [3.63, 3.8) is 0 Å². The number of allylic oxidation sites excluding steroid dienone is 2. The SMILES string of the molecule is C=C(CO)[C@@H]1C/C=C(/C)[C@@H]2CC[C@@](C)(OO2)[C@@H](OC(C)=O)CC/C(C)=C\[C@@H]1O. The summed E-state index contributed by atoms with van der Waals surface area (Å²) in [7, 11) is 0. The van der Waals surface area contributed by atoms with Gasteiger partial charge >= 0.3 is 5.97 Å². The number of aliphatic hydroxyl groups excluding tert-OH is 2. The fourth-order valence-corrected chi connectivity index (χ4v) is 3.84. The highest BCUT2D eigenvalue weighted by molar-refractivity contribution is 5.66. The number of hydrogen-bond donors (Lipinski definition) is 2. The first-order valence-corrected chi connectivity index (χ1v) is 9.98. The molecule has 1 fully saturated rings. The maximum atomic E-state index is 11.6. The van der Waals surface area contributed by atoms with Gasteiger partial charge < -0.3 is 14.9 Å². The zero-order chi connectivity index (χ0) is 20.9. The van der Waals surface area contributed by atoms with Crippen LogP contribution in [0.5, 0.6) is 0 Å². The predicted octanol–water partition coefficient (Wildman–Crippen LogP) is 3.39. The minimum atomic E-state index is -0.747. The molecule has 0 unspecified atom stereocenters. The highest BCUT2D eigenvalue weighted by atomic mass is 17.2. The van der Waals surface area contributed by atoms with Crippen molar-refractivity contribution in [3.05, 3.63) is 35.5 Å². The summed E-state index contributed by atoms with van der Waals surface area (Å²) < 4.78 is 5.57. The van der Waals surface area contributed by atoms with E-state index >= 15 is 0 Å². The molecule has 0 aromatic carbocycles. The van der Waals surface area contributed by atoms with Crippen LogP contribution in [0.25, 0.3) is 0 Å². The van der Waals surface area contributed by atoms with Crippen molar-refractivity contribution in [2.24, 2.45) is 5.92 Å². The second-order valence-corrected chi connectivity index (χ2v) is 8.27. The lowest BCUT2D eigenvalue weighted by molar-refractivity contribution is -0.412. The molecule has 1 aliphatic carbocycles. The third-order valence-corrected chi connectivity index (χ3v) is 5.84. The Kier molecular flexibility index (Phi) is 8.01. The van der Waals surface area contributed by atoms with Crippen LogP contribution in [0.4, 0.5) is 0 Å². The van der Waals surface area contributed by atoms with E-state index in [0.717, 1.165) is 17.6 Å². The first kappa shape index (κ1) is 22.8. The van der Waals surface area contributed by atoms with Crippen molar-refractivity contribution in [1.29, 1.82) is 0 Å². The van der Waals surface area contributed by atoms with Gasteiger partial charge in [0.2, 0.25) is 0 Å². The number of aliphatic hydroxyl groups is 2. The Morgan fingerprint density at radius 1 is 1.39 bits per heavy atom. The van der Waals surface area contributed by atoms with Gasteiger partial charge in [0.15, 0.2) is 0 Å². The average Bonchev–Trinajstić information content (AvgIpc) is 2.64. The summed E-state index contributed by atoms with van der Waals surface area (Å²) >= 11 is 0. The Labute approximate surface area is 167 Å². The molecule has 0 radical (unpaired) electrons. The lowest BCUT2D eigenvalue weighted by atomic mass is 9.84. The fraction of sp³-hybridized carbons (Fsp3) is 0.682. The molecule has 6 heteroatoms. The molecule has 0 aromatic rings. The summed E-state index contributed by atoms with van der Waals surface area (Å²) in [5.41, 5.74) is 1.88. The molecule has 3 aliphatic rings. The van der Waals surface area contributed by atoms with Gasteiger partial charge in [-0.3, -0.25) is 4.79 Å². The predicted molar refractivity (Wildman–Crippen MR) is 106 cm³/mol. The number of esters is 1. The molecule has 28 heavy (non-hydrogen) atoms. The van der Waals surface area contributed by atoms with E-state index in [0.29, 0.717) is 31.3 Å². The molecular formula is C22H34O6. The topological polar surface area (TPSA) is 85.2 Å². The molecule has 2 heterocycles. The van der Waals surface area contributed by atoms with Gasteiger partial charge in [-0.25, -0.2) is 9.78 Å². The van der Waals surface area contributed by atoms with Crippen molar-refractivity contribution in [3.8, 4) is 0 Å². The Hall–Kier alpha value is -1.47. The Morgan fingerprint density at radius 3 is 2.68 bits per heavy atom. The van der Waals surface area contributed by atoms with Crippen molar-refractivity contribution < 1.29 is 29.5 Å². The average molecular weight is 395 g/mol. The molecule has 0 aromatic heterocycles. The first-order chi connectivity index (χ1) is 13.2. The molecule has 1 saturated heterocycles. The van der Waals surface area contributed by atoms with E-state index in [4.69, 9.17) is 14.5 Å². The highest BCUT2D eigenvalue weighted by Crippen LogP contribution is 2.36. The van der Waals surface area contributed by atoms with E-state index in [1.54, 1.807) is 0 Å². The summed E-state index contributed by atoms with van der Waals surface area (Å²) in [5, 5.41) is 20.2. The molecule has 2 bridgehead atoms. The highest BCUT2D eigenvalue weighted by Gasteiger charge is 2.43. The van der Waals surface area contributed by atoms with Crippen LogP contribution in [0.15, 0.2) is 35.5 Å². The summed E-state index contributed by atoms with van der Waals surface area (Å²) in [6.45, 7) is 11.0. The number of carbonyl (C=O) groups excluding carboxylic acids is 1. The lowest BCUT2D eigenvalue weighted by Crippen LogP contribution is -2.49. The zero-order valence-corrected chi connectivity index (χ0v) is 17.4. The molecule has 6 nitrogen and oxygen atoms in total. The van der Waals surface area contributed by atoms with Gasteiger partial charge in [-0.2, -0.15) is 0 Å². The first-order valence-electron chi connectivity index (χ1n) is 9.98. The van der Waals surface area contributed by atoms with E-state index in [1.807, 2.05) is 32.9 Å². The number of ether oxygens (including phenoxy) is 1. The van der Waals surface area contributed by atoms with Gasteiger partial charge in [-0.1, -0.05) is 24.3 Å². The van der Waals surface area contributed by atoms with Gasteiger partial charge in [0.25, 0.3) is 0 Å². The number of carbonyl (C=O) groups is 1.